The molecule has 3 heteroatoms. The van der Waals surface area contributed by atoms with Crippen molar-refractivity contribution in [2.24, 2.45) is 5.92 Å². The Labute approximate surface area is 122 Å². The highest BCUT2D eigenvalue weighted by molar-refractivity contribution is 5.99. The van der Waals surface area contributed by atoms with Crippen LogP contribution in [0, 0.1) is 19.8 Å². The Bertz CT molecular complexity index is 509. The van der Waals surface area contributed by atoms with Crippen LogP contribution in [-0.2, 0) is 6.54 Å². The summed E-state index contributed by atoms with van der Waals surface area (Å²) in [5, 5.41) is 0. The van der Waals surface area contributed by atoms with E-state index in [2.05, 4.69) is 36.3 Å². The first-order valence-electron chi connectivity index (χ1n) is 8.04. The molecule has 2 aliphatic rings. The van der Waals surface area contributed by atoms with Gasteiger partial charge in [0.2, 0.25) is 0 Å². The minimum Gasteiger partial charge on any atom is -0.349 e. The molecule has 0 amide bonds. The van der Waals surface area contributed by atoms with Crippen molar-refractivity contribution in [3.05, 3.63) is 23.0 Å². The van der Waals surface area contributed by atoms with Gasteiger partial charge in [-0.05, 0) is 58.4 Å². The Morgan fingerprint density at radius 3 is 2.50 bits per heavy atom. The summed E-state index contributed by atoms with van der Waals surface area (Å²) in [7, 11) is 0. The summed E-state index contributed by atoms with van der Waals surface area (Å²) >= 11 is 0. The third-order valence-corrected chi connectivity index (χ3v) is 4.79. The summed E-state index contributed by atoms with van der Waals surface area (Å²) in [4.78, 5) is 15.1. The predicted octanol–water partition coefficient (Wildman–Crippen LogP) is 3.18. The molecular formula is C17H26N2O. The summed E-state index contributed by atoms with van der Waals surface area (Å²) in [6.07, 6.45) is 5.30. The fraction of sp³-hybridized carbons (Fsp3) is 0.706. The molecule has 0 aromatic carbocycles. The van der Waals surface area contributed by atoms with Crippen molar-refractivity contribution >= 4 is 5.78 Å². The molecule has 1 aromatic heterocycles. The second kappa shape index (κ2) is 5.36. The summed E-state index contributed by atoms with van der Waals surface area (Å²) < 4.78 is 2.23. The highest BCUT2D eigenvalue weighted by Crippen LogP contribution is 2.35. The van der Waals surface area contributed by atoms with Crippen LogP contribution in [0.25, 0.3) is 0 Å². The van der Waals surface area contributed by atoms with Crippen molar-refractivity contribution < 1.29 is 4.79 Å². The van der Waals surface area contributed by atoms with E-state index in [9.17, 15) is 4.79 Å². The summed E-state index contributed by atoms with van der Waals surface area (Å²) in [6, 6.07) is 2.76. The molecule has 0 radical (unpaired) electrons. The van der Waals surface area contributed by atoms with Crippen molar-refractivity contribution in [2.75, 3.05) is 13.1 Å². The van der Waals surface area contributed by atoms with Gasteiger partial charge in [0.1, 0.15) is 0 Å². The summed E-state index contributed by atoms with van der Waals surface area (Å²) in [5.41, 5.74) is 3.27. The van der Waals surface area contributed by atoms with Gasteiger partial charge in [0.15, 0.2) is 5.78 Å². The van der Waals surface area contributed by atoms with E-state index < -0.39 is 0 Å². The van der Waals surface area contributed by atoms with E-state index in [0.717, 1.165) is 30.3 Å². The SMILES string of the molecule is CCn1c(C)cc(C(=O)CN(CC2CC2)C2CC2)c1C. The normalized spacial score (nSPS) is 18.8. The zero-order chi connectivity index (χ0) is 14.3. The molecule has 1 heterocycles. The average molecular weight is 274 g/mol. The van der Waals surface area contributed by atoms with Gasteiger partial charge in [0, 0.05) is 36.1 Å². The number of carbonyl (C=O) groups is 1. The van der Waals surface area contributed by atoms with Gasteiger partial charge in [0.05, 0.1) is 6.54 Å². The fourth-order valence-electron chi connectivity index (χ4n) is 3.25. The van der Waals surface area contributed by atoms with Crippen LogP contribution in [0.1, 0.15) is 54.4 Å². The largest absolute Gasteiger partial charge is 0.349 e. The van der Waals surface area contributed by atoms with Crippen molar-refractivity contribution in [2.45, 2.75) is 59.0 Å². The Morgan fingerprint density at radius 2 is 2.00 bits per heavy atom. The second-order valence-corrected chi connectivity index (χ2v) is 6.56. The van der Waals surface area contributed by atoms with Crippen molar-refractivity contribution in [3.8, 4) is 0 Å². The molecule has 0 bridgehead atoms. The molecule has 3 rings (SSSR count). The van der Waals surface area contributed by atoms with Crippen LogP contribution in [0.3, 0.4) is 0 Å². The van der Waals surface area contributed by atoms with Crippen molar-refractivity contribution in [1.29, 1.82) is 0 Å². The lowest BCUT2D eigenvalue weighted by Crippen LogP contribution is -2.33. The molecule has 0 unspecified atom stereocenters. The highest BCUT2D eigenvalue weighted by atomic mass is 16.1. The second-order valence-electron chi connectivity index (χ2n) is 6.56. The number of rotatable bonds is 7. The van der Waals surface area contributed by atoms with Crippen LogP contribution in [0.15, 0.2) is 6.07 Å². The Balaban J connectivity index is 1.71. The van der Waals surface area contributed by atoms with Gasteiger partial charge >= 0.3 is 0 Å². The molecule has 0 saturated heterocycles. The zero-order valence-electron chi connectivity index (χ0n) is 13.0. The quantitative estimate of drug-likeness (QED) is 0.714. The minimum atomic E-state index is 0.311. The summed E-state index contributed by atoms with van der Waals surface area (Å²) in [6.45, 7) is 9.01. The monoisotopic (exact) mass is 274 g/mol. The Morgan fingerprint density at radius 1 is 1.30 bits per heavy atom. The van der Waals surface area contributed by atoms with Crippen LogP contribution in [0.5, 0.6) is 0 Å². The van der Waals surface area contributed by atoms with Crippen LogP contribution < -0.4 is 0 Å². The van der Waals surface area contributed by atoms with Crippen molar-refractivity contribution in [1.82, 2.24) is 9.47 Å². The van der Waals surface area contributed by atoms with Gasteiger partial charge in [-0.3, -0.25) is 9.69 Å². The number of hydrogen-bond donors (Lipinski definition) is 0. The van der Waals surface area contributed by atoms with Gasteiger partial charge in [-0.15, -0.1) is 0 Å². The predicted molar refractivity (Wildman–Crippen MR) is 81.2 cm³/mol. The molecule has 1 aromatic rings. The Kier molecular flexibility index (Phi) is 3.72. The average Bonchev–Trinajstić information content (AvgIpc) is 3.28. The molecule has 0 N–H and O–H groups in total. The number of carbonyl (C=O) groups excluding carboxylic acids is 1. The number of Topliss-reactive ketones (excluding diaryl/α,β-unsaturated/α-hetero) is 1. The third kappa shape index (κ3) is 2.83. The molecule has 2 fully saturated rings. The van der Waals surface area contributed by atoms with Gasteiger partial charge in [-0.25, -0.2) is 0 Å². The third-order valence-electron chi connectivity index (χ3n) is 4.79. The fourth-order valence-corrected chi connectivity index (χ4v) is 3.25. The van der Waals surface area contributed by atoms with Crippen LogP contribution in [0.2, 0.25) is 0 Å². The first-order chi connectivity index (χ1) is 9.60. The number of aryl methyl sites for hydroxylation is 1. The van der Waals surface area contributed by atoms with E-state index in [4.69, 9.17) is 0 Å². The maximum absolute atomic E-state index is 12.6. The zero-order valence-corrected chi connectivity index (χ0v) is 13.0. The maximum Gasteiger partial charge on any atom is 0.178 e. The van der Waals surface area contributed by atoms with Gasteiger partial charge in [-0.1, -0.05) is 0 Å². The van der Waals surface area contributed by atoms with Crippen LogP contribution in [-0.4, -0.2) is 34.4 Å². The maximum atomic E-state index is 12.6. The molecule has 3 nitrogen and oxygen atoms in total. The molecule has 2 aliphatic carbocycles. The van der Waals surface area contributed by atoms with E-state index in [0.29, 0.717) is 18.4 Å². The smallest absolute Gasteiger partial charge is 0.178 e. The molecular weight excluding hydrogens is 248 g/mol. The summed E-state index contributed by atoms with van der Waals surface area (Å²) in [5.74, 6) is 1.18. The Hall–Kier alpha value is -1.09. The first kappa shape index (κ1) is 13.9. The van der Waals surface area contributed by atoms with E-state index in [1.165, 1.54) is 31.4 Å². The van der Waals surface area contributed by atoms with Crippen LogP contribution >= 0.6 is 0 Å². The lowest BCUT2D eigenvalue weighted by molar-refractivity contribution is 0.0920. The lowest BCUT2D eigenvalue weighted by Gasteiger charge is -2.20. The van der Waals surface area contributed by atoms with Gasteiger partial charge < -0.3 is 4.57 Å². The molecule has 0 atom stereocenters. The molecule has 110 valence electrons. The van der Waals surface area contributed by atoms with E-state index in [1.54, 1.807) is 0 Å². The topological polar surface area (TPSA) is 25.2 Å². The number of nitrogens with zero attached hydrogens (tertiary/aromatic N) is 2. The molecule has 20 heavy (non-hydrogen) atoms. The highest BCUT2D eigenvalue weighted by Gasteiger charge is 2.35. The number of hydrogen-bond acceptors (Lipinski definition) is 2. The number of ketones is 1. The van der Waals surface area contributed by atoms with Crippen LogP contribution in [0.4, 0.5) is 0 Å². The minimum absolute atomic E-state index is 0.311. The van der Waals surface area contributed by atoms with E-state index in [-0.39, 0.29) is 0 Å². The first-order valence-corrected chi connectivity index (χ1v) is 8.04. The molecule has 0 spiro atoms. The van der Waals surface area contributed by atoms with Gasteiger partial charge in [-0.2, -0.15) is 0 Å². The number of aromatic nitrogens is 1. The lowest BCUT2D eigenvalue weighted by atomic mass is 10.1. The van der Waals surface area contributed by atoms with E-state index >= 15 is 0 Å². The molecule has 2 saturated carbocycles. The van der Waals surface area contributed by atoms with E-state index in [1.807, 2.05) is 0 Å². The van der Waals surface area contributed by atoms with Crippen molar-refractivity contribution in [3.63, 3.8) is 0 Å². The molecule has 0 aliphatic heterocycles. The standard InChI is InChI=1S/C17H26N2O/c1-4-19-12(2)9-16(13(19)3)17(20)11-18(15-7-8-15)10-14-5-6-14/h9,14-15H,4-8,10-11H2,1-3H3. The van der Waals surface area contributed by atoms with Gasteiger partial charge in [0.25, 0.3) is 0 Å².